The molecule has 0 spiro atoms. The van der Waals surface area contributed by atoms with Gasteiger partial charge in [-0.05, 0) is 31.0 Å². The van der Waals surface area contributed by atoms with Crippen LogP contribution in [0.25, 0.3) is 0 Å². The predicted octanol–water partition coefficient (Wildman–Crippen LogP) is 3.88. The minimum atomic E-state index is -0.0368. The molecule has 1 aliphatic rings. The van der Waals surface area contributed by atoms with Crippen LogP contribution in [0.5, 0.6) is 0 Å². The van der Waals surface area contributed by atoms with E-state index in [4.69, 9.17) is 11.6 Å². The van der Waals surface area contributed by atoms with Crippen molar-refractivity contribution in [2.45, 2.75) is 20.3 Å². The number of hydrogen-bond donors (Lipinski definition) is 1. The van der Waals surface area contributed by atoms with Gasteiger partial charge in [0.1, 0.15) is 11.6 Å². The van der Waals surface area contributed by atoms with E-state index >= 15 is 0 Å². The number of aryl methyl sites for hydroxylation is 2. The van der Waals surface area contributed by atoms with E-state index in [1.54, 1.807) is 30.9 Å². The summed E-state index contributed by atoms with van der Waals surface area (Å²) in [5.74, 6) is 2.42. The van der Waals surface area contributed by atoms with Crippen LogP contribution in [0.15, 0.2) is 43.0 Å². The molecule has 10 nitrogen and oxygen atoms in total. The van der Waals surface area contributed by atoms with Crippen LogP contribution in [0.4, 0.5) is 22.8 Å². The highest BCUT2D eigenvalue weighted by atomic mass is 35.5. The summed E-state index contributed by atoms with van der Waals surface area (Å²) in [4.78, 5) is 44.1. The van der Waals surface area contributed by atoms with Crippen molar-refractivity contribution in [3.63, 3.8) is 0 Å². The molecule has 1 fully saturated rings. The molecule has 0 bridgehead atoms. The molecule has 1 aromatic carbocycles. The monoisotopic (exact) mass is 521 g/mol. The van der Waals surface area contributed by atoms with Crippen LogP contribution in [0.3, 0.4) is 0 Å². The SMILES string of the molecule is Cc1nc(Nc2ncc(C(=O)Cc3c(C)cccc3Cl)s2)nc(N2CCN(c3cnccn3)CC2)n1. The smallest absolute Gasteiger partial charge is 0.234 e. The summed E-state index contributed by atoms with van der Waals surface area (Å²) in [5, 5.41) is 4.27. The van der Waals surface area contributed by atoms with Crippen LogP contribution in [0.1, 0.15) is 26.6 Å². The van der Waals surface area contributed by atoms with Gasteiger partial charge in [0.2, 0.25) is 11.9 Å². The zero-order valence-corrected chi connectivity index (χ0v) is 21.4. The number of ketones is 1. The van der Waals surface area contributed by atoms with Crippen molar-refractivity contribution in [3.8, 4) is 0 Å². The quantitative estimate of drug-likeness (QED) is 0.359. The topological polar surface area (TPSA) is 113 Å². The molecule has 0 unspecified atom stereocenters. The number of rotatable bonds is 7. The van der Waals surface area contributed by atoms with Crippen LogP contribution < -0.4 is 15.1 Å². The summed E-state index contributed by atoms with van der Waals surface area (Å²) in [7, 11) is 0. The lowest BCUT2D eigenvalue weighted by Crippen LogP contribution is -2.47. The Bertz CT molecular complexity index is 1350. The number of hydrogen-bond acceptors (Lipinski definition) is 11. The minimum Gasteiger partial charge on any atom is -0.352 e. The molecule has 0 amide bonds. The molecule has 0 radical (unpaired) electrons. The first-order valence-corrected chi connectivity index (χ1v) is 12.6. The van der Waals surface area contributed by atoms with Gasteiger partial charge in [0.05, 0.1) is 17.3 Å². The van der Waals surface area contributed by atoms with Crippen LogP contribution in [-0.2, 0) is 6.42 Å². The summed E-state index contributed by atoms with van der Waals surface area (Å²) in [5.41, 5.74) is 1.83. The van der Waals surface area contributed by atoms with Crippen molar-refractivity contribution >= 4 is 51.6 Å². The third-order valence-corrected chi connectivity index (χ3v) is 7.17. The van der Waals surface area contributed by atoms with Crippen LogP contribution >= 0.6 is 22.9 Å². The third-order valence-electron chi connectivity index (χ3n) is 5.86. The fraction of sp³-hybridized carbons (Fsp3) is 0.292. The molecule has 0 aliphatic carbocycles. The second-order valence-corrected chi connectivity index (χ2v) is 9.77. The number of piperazine rings is 1. The molecule has 1 saturated heterocycles. The average molecular weight is 522 g/mol. The van der Waals surface area contributed by atoms with E-state index in [9.17, 15) is 4.79 Å². The summed E-state index contributed by atoms with van der Waals surface area (Å²) >= 11 is 7.56. The zero-order chi connectivity index (χ0) is 25.1. The minimum absolute atomic E-state index is 0.0368. The van der Waals surface area contributed by atoms with E-state index < -0.39 is 0 Å². The van der Waals surface area contributed by atoms with Crippen LogP contribution in [0, 0.1) is 13.8 Å². The van der Waals surface area contributed by atoms with Gasteiger partial charge in [0.25, 0.3) is 0 Å². The van der Waals surface area contributed by atoms with Gasteiger partial charge in [-0.15, -0.1) is 0 Å². The van der Waals surface area contributed by atoms with Crippen molar-refractivity contribution in [3.05, 3.63) is 69.8 Å². The Labute approximate surface area is 217 Å². The largest absolute Gasteiger partial charge is 0.352 e. The summed E-state index contributed by atoms with van der Waals surface area (Å²) in [6, 6.07) is 5.63. The normalized spacial score (nSPS) is 13.6. The number of anilines is 4. The number of Topliss-reactive ketones (excluding diaryl/α,β-unsaturated/α-hetero) is 1. The molecule has 4 heterocycles. The Hall–Kier alpha value is -3.70. The number of thiazole rings is 1. The Kier molecular flexibility index (Phi) is 7.01. The van der Waals surface area contributed by atoms with E-state index in [0.29, 0.717) is 32.8 Å². The lowest BCUT2D eigenvalue weighted by molar-refractivity contribution is 0.0996. The Morgan fingerprint density at radius 1 is 1.03 bits per heavy atom. The molecule has 1 N–H and O–H groups in total. The predicted molar refractivity (Wildman–Crippen MR) is 141 cm³/mol. The Morgan fingerprint density at radius 3 is 2.58 bits per heavy atom. The molecule has 0 atom stereocenters. The first kappa shape index (κ1) is 24.0. The Balaban J connectivity index is 1.25. The number of benzene rings is 1. The number of halogens is 1. The molecule has 184 valence electrons. The molecule has 0 saturated carbocycles. The van der Waals surface area contributed by atoms with Gasteiger partial charge >= 0.3 is 0 Å². The second-order valence-electron chi connectivity index (χ2n) is 8.33. The number of aromatic nitrogens is 6. The first-order chi connectivity index (χ1) is 17.5. The summed E-state index contributed by atoms with van der Waals surface area (Å²) in [6.45, 7) is 6.84. The lowest BCUT2D eigenvalue weighted by atomic mass is 10.0. The van der Waals surface area contributed by atoms with Crippen molar-refractivity contribution in [1.29, 1.82) is 0 Å². The van der Waals surface area contributed by atoms with Gasteiger partial charge in [-0.25, -0.2) is 9.97 Å². The molecular weight excluding hydrogens is 498 g/mol. The van der Waals surface area contributed by atoms with Crippen molar-refractivity contribution in [2.75, 3.05) is 41.3 Å². The molecule has 5 rings (SSSR count). The number of nitrogens with one attached hydrogen (secondary N) is 1. The molecule has 12 heteroatoms. The van der Waals surface area contributed by atoms with Gasteiger partial charge < -0.3 is 9.80 Å². The maximum Gasteiger partial charge on any atom is 0.234 e. The highest BCUT2D eigenvalue weighted by molar-refractivity contribution is 7.17. The lowest BCUT2D eigenvalue weighted by Gasteiger charge is -2.35. The maximum absolute atomic E-state index is 12.9. The molecule has 36 heavy (non-hydrogen) atoms. The fourth-order valence-electron chi connectivity index (χ4n) is 3.95. The van der Waals surface area contributed by atoms with E-state index in [1.807, 2.05) is 26.0 Å². The third kappa shape index (κ3) is 5.42. The van der Waals surface area contributed by atoms with Gasteiger partial charge in [-0.2, -0.15) is 15.0 Å². The number of carbonyl (C=O) groups is 1. The van der Waals surface area contributed by atoms with Gasteiger partial charge in [0.15, 0.2) is 10.9 Å². The van der Waals surface area contributed by atoms with E-state index in [0.717, 1.165) is 43.1 Å². The zero-order valence-electron chi connectivity index (χ0n) is 19.8. The second kappa shape index (κ2) is 10.5. The van der Waals surface area contributed by atoms with E-state index in [1.165, 1.54) is 11.3 Å². The molecular formula is C24H24ClN9OS. The summed E-state index contributed by atoms with van der Waals surface area (Å²) < 4.78 is 0. The highest BCUT2D eigenvalue weighted by Gasteiger charge is 2.21. The van der Waals surface area contributed by atoms with Crippen molar-refractivity contribution < 1.29 is 4.79 Å². The fourth-order valence-corrected chi connectivity index (χ4v) is 4.99. The standard InChI is InChI=1S/C24H24ClN9OS/c1-15-4-3-5-18(25)17(15)12-19(35)20-13-28-24(36-20)32-22-29-16(2)30-23(31-22)34-10-8-33(9-11-34)21-14-26-6-7-27-21/h3-7,13-14H,8-12H2,1-2H3,(H,28,29,30,31,32). The first-order valence-electron chi connectivity index (χ1n) is 11.4. The number of carbonyl (C=O) groups excluding carboxylic acids is 1. The van der Waals surface area contributed by atoms with E-state index in [2.05, 4.69) is 45.0 Å². The average Bonchev–Trinajstić information content (AvgIpc) is 3.35. The maximum atomic E-state index is 12.9. The van der Waals surface area contributed by atoms with Crippen molar-refractivity contribution in [1.82, 2.24) is 29.9 Å². The highest BCUT2D eigenvalue weighted by Crippen LogP contribution is 2.26. The van der Waals surface area contributed by atoms with Crippen LogP contribution in [0.2, 0.25) is 5.02 Å². The Morgan fingerprint density at radius 2 is 1.83 bits per heavy atom. The van der Waals surface area contributed by atoms with Crippen LogP contribution in [-0.4, -0.2) is 61.9 Å². The van der Waals surface area contributed by atoms with Gasteiger partial charge in [-0.1, -0.05) is 35.1 Å². The molecule has 3 aromatic heterocycles. The van der Waals surface area contributed by atoms with Crippen molar-refractivity contribution in [2.24, 2.45) is 0 Å². The van der Waals surface area contributed by atoms with E-state index in [-0.39, 0.29) is 12.2 Å². The van der Waals surface area contributed by atoms with Gasteiger partial charge in [0, 0.05) is 50.0 Å². The van der Waals surface area contributed by atoms with Gasteiger partial charge in [-0.3, -0.25) is 15.1 Å². The number of nitrogens with zero attached hydrogens (tertiary/aromatic N) is 8. The summed E-state index contributed by atoms with van der Waals surface area (Å²) in [6.07, 6.45) is 6.94. The molecule has 1 aliphatic heterocycles. The molecule has 4 aromatic rings.